The third kappa shape index (κ3) is 3.06. The Balaban J connectivity index is 2.09. The average molecular weight is 173 g/mol. The summed E-state index contributed by atoms with van der Waals surface area (Å²) in [7, 11) is 0. The predicted octanol–water partition coefficient (Wildman–Crippen LogP) is 0.512. The van der Waals surface area contributed by atoms with E-state index in [1.54, 1.807) is 0 Å². The van der Waals surface area contributed by atoms with Crippen LogP contribution in [-0.4, -0.2) is 17.3 Å². The number of amides is 2. The SMILES string of the molecule is O=C(NO)NNC1CCCCC1. The Kier molecular flexibility index (Phi) is 3.83. The van der Waals surface area contributed by atoms with Crippen LogP contribution in [0.3, 0.4) is 0 Å². The van der Waals surface area contributed by atoms with E-state index in [1.807, 2.05) is 0 Å². The van der Waals surface area contributed by atoms with E-state index in [9.17, 15) is 4.79 Å². The highest BCUT2D eigenvalue weighted by Gasteiger charge is 2.12. The van der Waals surface area contributed by atoms with Crippen molar-refractivity contribution in [2.75, 3.05) is 0 Å². The van der Waals surface area contributed by atoms with Crippen LogP contribution in [-0.2, 0) is 0 Å². The normalized spacial score (nSPS) is 18.8. The molecule has 0 aliphatic heterocycles. The molecule has 0 aromatic rings. The average Bonchev–Trinajstić information content (AvgIpc) is 2.16. The van der Waals surface area contributed by atoms with E-state index < -0.39 is 6.03 Å². The summed E-state index contributed by atoms with van der Waals surface area (Å²) in [5.74, 6) is 0. The van der Waals surface area contributed by atoms with Crippen LogP contribution in [0.25, 0.3) is 0 Å². The summed E-state index contributed by atoms with van der Waals surface area (Å²) in [6, 6.07) is -0.253. The summed E-state index contributed by atoms with van der Waals surface area (Å²) in [4.78, 5) is 10.5. The second-order valence-corrected chi connectivity index (χ2v) is 3.05. The predicted molar refractivity (Wildman–Crippen MR) is 43.5 cm³/mol. The number of hydroxylamine groups is 1. The quantitative estimate of drug-likeness (QED) is 0.363. The van der Waals surface area contributed by atoms with E-state index in [0.717, 1.165) is 12.8 Å². The highest BCUT2D eigenvalue weighted by Crippen LogP contribution is 2.16. The topological polar surface area (TPSA) is 73.4 Å². The van der Waals surface area contributed by atoms with Crippen LogP contribution in [0, 0.1) is 0 Å². The zero-order valence-electron chi connectivity index (χ0n) is 6.97. The minimum Gasteiger partial charge on any atom is -0.287 e. The third-order valence-electron chi connectivity index (χ3n) is 2.10. The molecule has 70 valence electrons. The van der Waals surface area contributed by atoms with E-state index >= 15 is 0 Å². The highest BCUT2D eigenvalue weighted by atomic mass is 16.5. The fourth-order valence-corrected chi connectivity index (χ4v) is 1.44. The monoisotopic (exact) mass is 173 g/mol. The van der Waals surface area contributed by atoms with Crippen molar-refractivity contribution in [2.24, 2.45) is 0 Å². The molecule has 0 heterocycles. The molecule has 1 rings (SSSR count). The van der Waals surface area contributed by atoms with Crippen LogP contribution in [0.4, 0.5) is 4.79 Å². The number of nitrogens with one attached hydrogen (secondary N) is 3. The molecule has 0 aromatic heterocycles. The van der Waals surface area contributed by atoms with Gasteiger partial charge in [-0.15, -0.1) is 0 Å². The maximum atomic E-state index is 10.5. The number of urea groups is 1. The fourth-order valence-electron chi connectivity index (χ4n) is 1.44. The molecule has 5 nitrogen and oxygen atoms in total. The van der Waals surface area contributed by atoms with Gasteiger partial charge in [0.05, 0.1) is 0 Å². The molecule has 1 fully saturated rings. The molecule has 12 heavy (non-hydrogen) atoms. The van der Waals surface area contributed by atoms with Gasteiger partial charge in [-0.05, 0) is 12.8 Å². The van der Waals surface area contributed by atoms with Crippen molar-refractivity contribution in [3.8, 4) is 0 Å². The van der Waals surface area contributed by atoms with E-state index in [1.165, 1.54) is 24.7 Å². The van der Waals surface area contributed by atoms with Crippen LogP contribution in [0.5, 0.6) is 0 Å². The molecule has 0 unspecified atom stereocenters. The van der Waals surface area contributed by atoms with E-state index in [4.69, 9.17) is 5.21 Å². The molecule has 4 N–H and O–H groups in total. The Hall–Kier alpha value is -0.810. The highest BCUT2D eigenvalue weighted by molar-refractivity contribution is 5.71. The zero-order valence-corrected chi connectivity index (χ0v) is 6.97. The second kappa shape index (κ2) is 4.95. The summed E-state index contributed by atoms with van der Waals surface area (Å²) < 4.78 is 0. The number of hydrogen-bond donors (Lipinski definition) is 4. The van der Waals surface area contributed by atoms with Crippen molar-refractivity contribution in [2.45, 2.75) is 38.1 Å². The third-order valence-corrected chi connectivity index (χ3v) is 2.10. The number of carbonyl (C=O) groups excluding carboxylic acids is 1. The zero-order chi connectivity index (χ0) is 8.81. The molecule has 0 saturated heterocycles. The minimum atomic E-state index is -0.611. The van der Waals surface area contributed by atoms with Crippen LogP contribution in [0.2, 0.25) is 0 Å². The maximum absolute atomic E-state index is 10.5. The van der Waals surface area contributed by atoms with Gasteiger partial charge in [-0.1, -0.05) is 19.3 Å². The number of rotatable bonds is 2. The smallest absolute Gasteiger partial charge is 0.287 e. The molecule has 1 saturated carbocycles. The van der Waals surface area contributed by atoms with Gasteiger partial charge in [-0.2, -0.15) is 0 Å². The van der Waals surface area contributed by atoms with Crippen molar-refractivity contribution in [3.05, 3.63) is 0 Å². The van der Waals surface area contributed by atoms with Gasteiger partial charge in [-0.25, -0.2) is 15.7 Å². The Morgan fingerprint density at radius 3 is 2.50 bits per heavy atom. The molecule has 1 aliphatic rings. The molecule has 0 radical (unpaired) electrons. The second-order valence-electron chi connectivity index (χ2n) is 3.05. The molecular weight excluding hydrogens is 158 g/mol. The lowest BCUT2D eigenvalue weighted by molar-refractivity contribution is 0.155. The van der Waals surface area contributed by atoms with E-state index in [0.29, 0.717) is 6.04 Å². The van der Waals surface area contributed by atoms with Gasteiger partial charge in [0.25, 0.3) is 0 Å². The van der Waals surface area contributed by atoms with Gasteiger partial charge < -0.3 is 0 Å². The molecule has 0 spiro atoms. The van der Waals surface area contributed by atoms with Crippen molar-refractivity contribution in [1.29, 1.82) is 0 Å². The van der Waals surface area contributed by atoms with Crippen LogP contribution < -0.4 is 16.3 Å². The first-order chi connectivity index (χ1) is 5.83. The van der Waals surface area contributed by atoms with Gasteiger partial charge in [0.15, 0.2) is 0 Å². The van der Waals surface area contributed by atoms with E-state index in [2.05, 4.69) is 10.9 Å². The maximum Gasteiger partial charge on any atom is 0.352 e. The summed E-state index contributed by atoms with van der Waals surface area (Å²) in [6.45, 7) is 0. The standard InChI is InChI=1S/C7H15N3O2/c11-7(10-12)9-8-6-4-2-1-3-5-6/h6,8,12H,1-5H2,(H2,9,10,11). The first-order valence-electron chi connectivity index (χ1n) is 4.28. The van der Waals surface area contributed by atoms with Crippen LogP contribution in [0.1, 0.15) is 32.1 Å². The first-order valence-corrected chi connectivity index (χ1v) is 4.28. The Morgan fingerprint density at radius 2 is 1.92 bits per heavy atom. The number of carbonyl (C=O) groups is 1. The van der Waals surface area contributed by atoms with Crippen molar-refractivity contribution < 1.29 is 10.0 Å². The van der Waals surface area contributed by atoms with Gasteiger partial charge in [0, 0.05) is 6.04 Å². The Labute approximate surface area is 71.5 Å². The van der Waals surface area contributed by atoms with Gasteiger partial charge in [0.2, 0.25) is 0 Å². The molecule has 1 aliphatic carbocycles. The van der Waals surface area contributed by atoms with Crippen molar-refractivity contribution in [1.82, 2.24) is 16.3 Å². The lowest BCUT2D eigenvalue weighted by atomic mass is 9.96. The Morgan fingerprint density at radius 1 is 1.25 bits per heavy atom. The summed E-state index contributed by atoms with van der Waals surface area (Å²) >= 11 is 0. The first kappa shape index (κ1) is 9.28. The number of hydrogen-bond acceptors (Lipinski definition) is 3. The molecule has 0 bridgehead atoms. The minimum absolute atomic E-state index is 0.357. The van der Waals surface area contributed by atoms with E-state index in [-0.39, 0.29) is 0 Å². The van der Waals surface area contributed by atoms with Crippen molar-refractivity contribution >= 4 is 6.03 Å². The fraction of sp³-hybridized carbons (Fsp3) is 0.857. The summed E-state index contributed by atoms with van der Waals surface area (Å²) in [5, 5.41) is 8.16. The van der Waals surface area contributed by atoms with Crippen LogP contribution in [0.15, 0.2) is 0 Å². The molecule has 2 amide bonds. The van der Waals surface area contributed by atoms with Gasteiger partial charge in [-0.3, -0.25) is 10.6 Å². The van der Waals surface area contributed by atoms with Crippen molar-refractivity contribution in [3.63, 3.8) is 0 Å². The molecular formula is C7H15N3O2. The molecule has 5 heteroatoms. The largest absolute Gasteiger partial charge is 0.352 e. The summed E-state index contributed by atoms with van der Waals surface area (Å²) in [5.41, 5.74) is 6.69. The van der Waals surface area contributed by atoms with Gasteiger partial charge >= 0.3 is 6.03 Å². The molecule has 0 atom stereocenters. The molecule has 0 aromatic carbocycles. The van der Waals surface area contributed by atoms with Gasteiger partial charge in [0.1, 0.15) is 0 Å². The number of hydrazine groups is 1. The lowest BCUT2D eigenvalue weighted by Crippen LogP contribution is -2.48. The Bertz CT molecular complexity index is 146. The lowest BCUT2D eigenvalue weighted by Gasteiger charge is -2.22. The van der Waals surface area contributed by atoms with Crippen LogP contribution >= 0.6 is 0 Å². The summed E-state index contributed by atoms with van der Waals surface area (Å²) in [6.07, 6.45) is 5.88.